The highest BCUT2D eigenvalue weighted by atomic mass is 32.2. The lowest BCUT2D eigenvalue weighted by Gasteiger charge is -2.37. The maximum absolute atomic E-state index is 13.1. The van der Waals surface area contributed by atoms with Crippen molar-refractivity contribution in [3.63, 3.8) is 0 Å². The average molecular weight is 454 g/mol. The van der Waals surface area contributed by atoms with Gasteiger partial charge in [0, 0.05) is 39.3 Å². The summed E-state index contributed by atoms with van der Waals surface area (Å²) in [5.74, 6) is -0.207. The van der Waals surface area contributed by atoms with E-state index in [4.69, 9.17) is 0 Å². The second kappa shape index (κ2) is 8.88. The molecule has 4 rings (SSSR count). The highest BCUT2D eigenvalue weighted by Crippen LogP contribution is 2.33. The van der Waals surface area contributed by atoms with Crippen LogP contribution >= 0.6 is 0 Å². The molecule has 0 aromatic heterocycles. The average Bonchev–Trinajstić information content (AvgIpc) is 2.79. The van der Waals surface area contributed by atoms with Gasteiger partial charge in [-0.1, -0.05) is 42.0 Å². The van der Waals surface area contributed by atoms with Crippen molar-refractivity contribution in [2.45, 2.75) is 31.2 Å². The van der Waals surface area contributed by atoms with E-state index in [-0.39, 0.29) is 42.3 Å². The van der Waals surface area contributed by atoms with Crippen LogP contribution in [-0.4, -0.2) is 60.5 Å². The summed E-state index contributed by atoms with van der Waals surface area (Å²) in [6.07, 6.45) is 3.77. The summed E-state index contributed by atoms with van der Waals surface area (Å²) in [5.41, 5.74) is 2.94. The molecule has 1 atom stereocenters. The first-order valence-corrected chi connectivity index (χ1v) is 12.1. The normalized spacial score (nSPS) is 19.0. The molecule has 2 heterocycles. The molecule has 0 spiro atoms. The minimum absolute atomic E-state index is 0.0845. The lowest BCUT2D eigenvalue weighted by atomic mass is 9.93. The monoisotopic (exact) mass is 453 g/mol. The molecular weight excluding hydrogens is 426 g/mol. The van der Waals surface area contributed by atoms with Crippen molar-refractivity contribution >= 4 is 27.9 Å². The van der Waals surface area contributed by atoms with E-state index in [1.54, 1.807) is 40.3 Å². The Kier molecular flexibility index (Phi) is 6.17. The Morgan fingerprint density at radius 1 is 0.969 bits per heavy atom. The number of benzene rings is 2. The molecule has 32 heavy (non-hydrogen) atoms. The topological polar surface area (TPSA) is 78.0 Å². The van der Waals surface area contributed by atoms with E-state index in [0.29, 0.717) is 13.1 Å². The molecule has 0 bridgehead atoms. The van der Waals surface area contributed by atoms with Crippen molar-refractivity contribution in [1.82, 2.24) is 14.1 Å². The Morgan fingerprint density at radius 3 is 2.28 bits per heavy atom. The van der Waals surface area contributed by atoms with Crippen molar-refractivity contribution in [3.8, 4) is 0 Å². The third-order valence-electron chi connectivity index (χ3n) is 6.09. The van der Waals surface area contributed by atoms with Gasteiger partial charge >= 0.3 is 0 Å². The summed E-state index contributed by atoms with van der Waals surface area (Å²) >= 11 is 0. The fraction of sp³-hybridized carbons (Fsp3) is 0.333. The van der Waals surface area contributed by atoms with Crippen molar-refractivity contribution in [2.75, 3.05) is 26.2 Å². The molecule has 0 aliphatic carbocycles. The van der Waals surface area contributed by atoms with Crippen LogP contribution in [0.3, 0.4) is 0 Å². The Labute approximate surface area is 189 Å². The summed E-state index contributed by atoms with van der Waals surface area (Å²) in [5, 5.41) is 0. The number of piperazine rings is 1. The van der Waals surface area contributed by atoms with Crippen molar-refractivity contribution in [2.24, 2.45) is 0 Å². The first-order valence-electron chi connectivity index (χ1n) is 10.7. The number of aryl methyl sites for hydroxylation is 1. The van der Waals surface area contributed by atoms with Gasteiger partial charge in [0.15, 0.2) is 0 Å². The third kappa shape index (κ3) is 4.33. The van der Waals surface area contributed by atoms with Crippen LogP contribution in [0.25, 0.3) is 6.08 Å². The Hall–Kier alpha value is -2.97. The van der Waals surface area contributed by atoms with Crippen LogP contribution in [0.15, 0.2) is 59.6 Å². The van der Waals surface area contributed by atoms with Gasteiger partial charge in [-0.25, -0.2) is 8.42 Å². The first kappa shape index (κ1) is 22.2. The van der Waals surface area contributed by atoms with Gasteiger partial charge < -0.3 is 9.80 Å². The lowest BCUT2D eigenvalue weighted by Crippen LogP contribution is -2.51. The molecule has 0 saturated carbocycles. The molecule has 2 aromatic rings. The molecule has 0 radical (unpaired) electrons. The highest BCUT2D eigenvalue weighted by molar-refractivity contribution is 7.89. The van der Waals surface area contributed by atoms with Gasteiger partial charge in [-0.15, -0.1) is 0 Å². The third-order valence-corrected chi connectivity index (χ3v) is 8.00. The number of amides is 2. The number of hydrogen-bond donors (Lipinski definition) is 0. The van der Waals surface area contributed by atoms with E-state index in [9.17, 15) is 18.0 Å². The highest BCUT2D eigenvalue weighted by Gasteiger charge is 2.33. The second-order valence-corrected chi connectivity index (χ2v) is 10.1. The van der Waals surface area contributed by atoms with E-state index in [2.05, 4.69) is 0 Å². The van der Waals surface area contributed by atoms with Crippen LogP contribution in [0, 0.1) is 6.92 Å². The van der Waals surface area contributed by atoms with Gasteiger partial charge in [0.25, 0.3) is 0 Å². The minimum Gasteiger partial charge on any atom is -0.340 e. The van der Waals surface area contributed by atoms with Gasteiger partial charge in [-0.05, 0) is 36.3 Å². The summed E-state index contributed by atoms with van der Waals surface area (Å²) < 4.78 is 27.3. The van der Waals surface area contributed by atoms with E-state index < -0.39 is 10.0 Å². The summed E-state index contributed by atoms with van der Waals surface area (Å²) in [6.45, 7) is 4.56. The fourth-order valence-corrected chi connectivity index (χ4v) is 5.67. The number of sulfonamides is 1. The number of hydrogen-bond acceptors (Lipinski definition) is 4. The zero-order valence-electron chi connectivity index (χ0n) is 18.3. The van der Waals surface area contributed by atoms with Gasteiger partial charge in [0.05, 0.1) is 17.4 Å². The Balaban J connectivity index is 1.44. The molecule has 1 fully saturated rings. The summed E-state index contributed by atoms with van der Waals surface area (Å²) in [4.78, 5) is 28.8. The van der Waals surface area contributed by atoms with Crippen molar-refractivity contribution < 1.29 is 18.0 Å². The number of rotatable bonds is 4. The van der Waals surface area contributed by atoms with E-state index >= 15 is 0 Å². The fourth-order valence-electron chi connectivity index (χ4n) is 4.24. The van der Waals surface area contributed by atoms with E-state index in [1.165, 1.54) is 11.2 Å². The first-order chi connectivity index (χ1) is 15.3. The molecule has 168 valence electrons. The number of fused-ring (bicyclic) bond motifs is 1. The van der Waals surface area contributed by atoms with Crippen LogP contribution in [0.2, 0.25) is 0 Å². The zero-order valence-corrected chi connectivity index (χ0v) is 19.1. The molecule has 2 aliphatic heterocycles. The minimum atomic E-state index is -3.58. The molecule has 1 saturated heterocycles. The van der Waals surface area contributed by atoms with Crippen LogP contribution in [-0.2, 0) is 19.6 Å². The molecule has 0 unspecified atom stereocenters. The molecule has 7 nitrogen and oxygen atoms in total. The Morgan fingerprint density at radius 2 is 1.62 bits per heavy atom. The van der Waals surface area contributed by atoms with Gasteiger partial charge in [-0.2, -0.15) is 4.31 Å². The summed E-state index contributed by atoms with van der Waals surface area (Å²) in [7, 11) is -3.58. The molecule has 0 N–H and O–H groups in total. The molecule has 2 aliphatic rings. The van der Waals surface area contributed by atoms with Crippen LogP contribution in [0.4, 0.5) is 0 Å². The maximum Gasteiger partial charge on any atom is 0.243 e. The van der Waals surface area contributed by atoms with E-state index in [1.807, 2.05) is 37.3 Å². The standard InChI is InChI=1S/C24H27N3O4S/c1-18-7-9-21(10-8-18)32(30,31)26-15-13-25(14-16-26)24(29)17-23-22-6-4-3-5-20(22)11-12-27(23)19(2)28/h3-12,23H,13-17H2,1-2H3/t23-/m0/s1. The Bertz CT molecular complexity index is 1150. The summed E-state index contributed by atoms with van der Waals surface area (Å²) in [6, 6.07) is 14.2. The maximum atomic E-state index is 13.1. The predicted molar refractivity (Wildman–Crippen MR) is 122 cm³/mol. The predicted octanol–water partition coefficient (Wildman–Crippen LogP) is 2.79. The number of carbonyl (C=O) groups excluding carboxylic acids is 2. The van der Waals surface area contributed by atoms with Gasteiger partial charge in [0.2, 0.25) is 21.8 Å². The van der Waals surface area contributed by atoms with Crippen molar-refractivity contribution in [3.05, 3.63) is 71.4 Å². The SMILES string of the molecule is CC(=O)N1C=Cc2ccccc2[C@@H]1CC(=O)N1CCN(S(=O)(=O)c2ccc(C)cc2)CC1. The molecule has 2 amide bonds. The number of nitrogens with zero attached hydrogens (tertiary/aromatic N) is 3. The van der Waals surface area contributed by atoms with Crippen LogP contribution in [0.1, 0.15) is 36.1 Å². The molecular formula is C24H27N3O4S. The molecule has 8 heteroatoms. The van der Waals surface area contributed by atoms with Gasteiger partial charge in [-0.3, -0.25) is 9.59 Å². The largest absolute Gasteiger partial charge is 0.340 e. The van der Waals surface area contributed by atoms with Crippen LogP contribution < -0.4 is 0 Å². The smallest absolute Gasteiger partial charge is 0.243 e. The van der Waals surface area contributed by atoms with Crippen molar-refractivity contribution in [1.29, 1.82) is 0 Å². The zero-order chi connectivity index (χ0) is 22.9. The molecule has 2 aromatic carbocycles. The van der Waals surface area contributed by atoms with Crippen LogP contribution in [0.5, 0.6) is 0 Å². The second-order valence-electron chi connectivity index (χ2n) is 8.19. The van der Waals surface area contributed by atoms with Gasteiger partial charge in [0.1, 0.15) is 0 Å². The lowest BCUT2D eigenvalue weighted by molar-refractivity contribution is -0.135. The number of carbonyl (C=O) groups is 2. The quantitative estimate of drug-likeness (QED) is 0.713. The van der Waals surface area contributed by atoms with E-state index in [0.717, 1.165) is 16.7 Å².